The molecule has 0 bridgehead atoms. The molecule has 84 valence electrons. The van der Waals surface area contributed by atoms with Crippen molar-refractivity contribution in [3.63, 3.8) is 0 Å². The van der Waals surface area contributed by atoms with Crippen molar-refractivity contribution in [1.82, 2.24) is 4.90 Å². The van der Waals surface area contributed by atoms with E-state index in [1.165, 1.54) is 4.90 Å². The van der Waals surface area contributed by atoms with Crippen molar-refractivity contribution >= 4 is 11.8 Å². The van der Waals surface area contributed by atoms with E-state index in [0.29, 0.717) is 11.1 Å². The average molecular weight is 225 g/mol. The Labute approximate surface area is 99.0 Å². The van der Waals surface area contributed by atoms with E-state index in [-0.39, 0.29) is 17.9 Å². The molecule has 0 spiro atoms. The van der Waals surface area contributed by atoms with Crippen molar-refractivity contribution in [2.45, 2.75) is 13.0 Å². The molecule has 0 saturated heterocycles. The van der Waals surface area contributed by atoms with Gasteiger partial charge in [-0.1, -0.05) is 30.4 Å². The van der Waals surface area contributed by atoms with Crippen LogP contribution in [0.5, 0.6) is 0 Å². The quantitative estimate of drug-likeness (QED) is 0.687. The maximum atomic E-state index is 12.2. The maximum Gasteiger partial charge on any atom is 0.262 e. The van der Waals surface area contributed by atoms with E-state index in [9.17, 15) is 9.59 Å². The number of carbonyl (C=O) groups is 2. The lowest BCUT2D eigenvalue weighted by Crippen LogP contribution is -2.38. The van der Waals surface area contributed by atoms with Gasteiger partial charge in [0.2, 0.25) is 0 Å². The molecule has 1 aliphatic heterocycles. The summed E-state index contributed by atoms with van der Waals surface area (Å²) in [5.41, 5.74) is 2.02. The molecule has 1 aromatic rings. The fourth-order valence-electron chi connectivity index (χ4n) is 2.31. The summed E-state index contributed by atoms with van der Waals surface area (Å²) < 4.78 is 0. The van der Waals surface area contributed by atoms with Crippen molar-refractivity contribution < 1.29 is 9.59 Å². The zero-order valence-corrected chi connectivity index (χ0v) is 9.38. The lowest BCUT2D eigenvalue weighted by molar-refractivity contribution is 0.0634. The Bertz CT molecular complexity index is 549. The fraction of sp³-hybridized carbons (Fsp3) is 0.143. The molecule has 0 saturated carbocycles. The Morgan fingerprint density at radius 3 is 2.12 bits per heavy atom. The Hall–Kier alpha value is -2.16. The monoisotopic (exact) mass is 225 g/mol. The summed E-state index contributed by atoms with van der Waals surface area (Å²) in [5.74, 6) is -0.398. The number of hydrogen-bond acceptors (Lipinski definition) is 2. The van der Waals surface area contributed by atoms with E-state index >= 15 is 0 Å². The molecular formula is C14H11NO2. The van der Waals surface area contributed by atoms with Gasteiger partial charge in [-0.2, -0.15) is 0 Å². The molecule has 0 fully saturated rings. The van der Waals surface area contributed by atoms with E-state index < -0.39 is 0 Å². The number of benzene rings is 1. The van der Waals surface area contributed by atoms with Gasteiger partial charge in [0.15, 0.2) is 0 Å². The molecule has 1 atom stereocenters. The second-order valence-corrected chi connectivity index (χ2v) is 4.27. The molecule has 0 aromatic heterocycles. The molecule has 2 aliphatic rings. The largest absolute Gasteiger partial charge is 0.269 e. The normalized spacial score (nSPS) is 22.1. The van der Waals surface area contributed by atoms with Crippen LogP contribution in [0.3, 0.4) is 0 Å². The van der Waals surface area contributed by atoms with Crippen molar-refractivity contribution in [3.8, 4) is 0 Å². The van der Waals surface area contributed by atoms with Gasteiger partial charge in [0.25, 0.3) is 11.8 Å². The van der Waals surface area contributed by atoms with E-state index in [0.717, 1.165) is 5.57 Å². The van der Waals surface area contributed by atoms with Crippen LogP contribution in [-0.2, 0) is 0 Å². The van der Waals surface area contributed by atoms with Gasteiger partial charge in [-0.3, -0.25) is 14.5 Å². The minimum atomic E-state index is -0.220. The zero-order valence-electron chi connectivity index (χ0n) is 9.38. The summed E-state index contributed by atoms with van der Waals surface area (Å²) in [6, 6.07) is 6.74. The third-order valence-electron chi connectivity index (χ3n) is 3.22. The molecule has 17 heavy (non-hydrogen) atoms. The van der Waals surface area contributed by atoms with Gasteiger partial charge in [0.05, 0.1) is 17.2 Å². The number of fused-ring (bicyclic) bond motifs is 1. The van der Waals surface area contributed by atoms with Gasteiger partial charge in [-0.25, -0.2) is 0 Å². The molecule has 3 nitrogen and oxygen atoms in total. The Kier molecular flexibility index (Phi) is 2.01. The standard InChI is InChI=1S/C14H11NO2/c1-9-5-4-8-12(9)15-13(16)10-6-2-3-7-11(10)14(15)17/h2-8,12H,1H3. The number of carbonyl (C=O) groups excluding carboxylic acids is 2. The lowest BCUT2D eigenvalue weighted by atomic mass is 10.1. The van der Waals surface area contributed by atoms with Crippen LogP contribution < -0.4 is 0 Å². The van der Waals surface area contributed by atoms with Gasteiger partial charge >= 0.3 is 0 Å². The van der Waals surface area contributed by atoms with Gasteiger partial charge < -0.3 is 0 Å². The van der Waals surface area contributed by atoms with Crippen LogP contribution in [0.4, 0.5) is 0 Å². The van der Waals surface area contributed by atoms with E-state index in [1.54, 1.807) is 24.3 Å². The van der Waals surface area contributed by atoms with Crippen LogP contribution >= 0.6 is 0 Å². The molecule has 1 aliphatic carbocycles. The highest BCUT2D eigenvalue weighted by molar-refractivity contribution is 6.21. The molecule has 1 heterocycles. The molecule has 1 aromatic carbocycles. The summed E-state index contributed by atoms with van der Waals surface area (Å²) in [6.07, 6.45) is 5.68. The minimum absolute atomic E-state index is 0.199. The first-order valence-electron chi connectivity index (χ1n) is 5.52. The second kappa shape index (κ2) is 3.42. The molecular weight excluding hydrogens is 214 g/mol. The molecule has 1 unspecified atom stereocenters. The third kappa shape index (κ3) is 1.29. The van der Waals surface area contributed by atoms with Crippen LogP contribution in [0.15, 0.2) is 48.1 Å². The maximum absolute atomic E-state index is 12.2. The van der Waals surface area contributed by atoms with Crippen LogP contribution in [0.25, 0.3) is 0 Å². The molecule has 3 heteroatoms. The van der Waals surface area contributed by atoms with Gasteiger partial charge in [0, 0.05) is 0 Å². The van der Waals surface area contributed by atoms with Crippen molar-refractivity contribution in [1.29, 1.82) is 0 Å². The van der Waals surface area contributed by atoms with Gasteiger partial charge in [0.1, 0.15) is 0 Å². The number of imide groups is 1. The first kappa shape index (κ1) is 10.0. The topological polar surface area (TPSA) is 37.4 Å². The first-order chi connectivity index (χ1) is 8.20. The second-order valence-electron chi connectivity index (χ2n) is 4.27. The summed E-state index contributed by atoms with van der Waals surface area (Å²) in [4.78, 5) is 25.7. The van der Waals surface area contributed by atoms with Crippen LogP contribution in [-0.4, -0.2) is 22.8 Å². The molecule has 2 amide bonds. The molecule has 0 N–H and O–H groups in total. The number of allylic oxidation sites excluding steroid dienone is 2. The van der Waals surface area contributed by atoms with Gasteiger partial charge in [-0.15, -0.1) is 0 Å². The van der Waals surface area contributed by atoms with Crippen molar-refractivity contribution in [2.24, 2.45) is 0 Å². The number of amides is 2. The number of nitrogens with zero attached hydrogens (tertiary/aromatic N) is 1. The van der Waals surface area contributed by atoms with Crippen LogP contribution in [0, 0.1) is 0 Å². The van der Waals surface area contributed by atoms with Crippen molar-refractivity contribution in [3.05, 3.63) is 59.2 Å². The average Bonchev–Trinajstić information content (AvgIpc) is 2.84. The predicted octanol–water partition coefficient (Wildman–Crippen LogP) is 2.17. The number of rotatable bonds is 1. The van der Waals surface area contributed by atoms with Crippen LogP contribution in [0.1, 0.15) is 27.6 Å². The predicted molar refractivity (Wildman–Crippen MR) is 63.6 cm³/mol. The highest BCUT2D eigenvalue weighted by atomic mass is 16.2. The summed E-state index contributed by atoms with van der Waals surface area (Å²) in [7, 11) is 0. The van der Waals surface area contributed by atoms with Crippen molar-refractivity contribution in [2.75, 3.05) is 0 Å². The highest BCUT2D eigenvalue weighted by Crippen LogP contribution is 2.28. The summed E-state index contributed by atoms with van der Waals surface area (Å²) >= 11 is 0. The molecule has 0 radical (unpaired) electrons. The highest BCUT2D eigenvalue weighted by Gasteiger charge is 2.39. The van der Waals surface area contributed by atoms with Crippen LogP contribution in [0.2, 0.25) is 0 Å². The smallest absolute Gasteiger partial charge is 0.262 e. The molecule has 3 rings (SSSR count). The van der Waals surface area contributed by atoms with E-state index in [2.05, 4.69) is 0 Å². The SMILES string of the molecule is CC1=CC=CC1N1C(=O)c2ccccc2C1=O. The Morgan fingerprint density at radius 2 is 1.65 bits per heavy atom. The zero-order chi connectivity index (χ0) is 12.0. The fourth-order valence-corrected chi connectivity index (χ4v) is 2.31. The first-order valence-corrected chi connectivity index (χ1v) is 5.52. The summed E-state index contributed by atoms with van der Waals surface area (Å²) in [6.45, 7) is 1.92. The Balaban J connectivity index is 2.07. The Morgan fingerprint density at radius 1 is 1.06 bits per heavy atom. The minimum Gasteiger partial charge on any atom is -0.269 e. The third-order valence-corrected chi connectivity index (χ3v) is 3.22. The summed E-state index contributed by atoms with van der Waals surface area (Å²) in [5, 5.41) is 0. The van der Waals surface area contributed by atoms with E-state index in [4.69, 9.17) is 0 Å². The lowest BCUT2D eigenvalue weighted by Gasteiger charge is -2.21. The van der Waals surface area contributed by atoms with Gasteiger partial charge in [-0.05, 0) is 24.6 Å². The number of hydrogen-bond donors (Lipinski definition) is 0. The van der Waals surface area contributed by atoms with E-state index in [1.807, 2.05) is 25.2 Å².